The third kappa shape index (κ3) is 2.29. The third-order valence-corrected chi connectivity index (χ3v) is 4.01. The molecule has 0 bridgehead atoms. The third-order valence-electron chi connectivity index (χ3n) is 4.01. The van der Waals surface area contributed by atoms with Crippen LogP contribution in [0.25, 0.3) is 16.9 Å². The Hall–Kier alpha value is -2.29. The van der Waals surface area contributed by atoms with Crippen molar-refractivity contribution < 1.29 is 0 Å². The molecule has 0 radical (unpaired) electrons. The highest BCUT2D eigenvalue weighted by atomic mass is 15.0. The molecule has 3 rings (SSSR count). The van der Waals surface area contributed by atoms with E-state index in [4.69, 9.17) is 10.7 Å². The zero-order valence-electron chi connectivity index (χ0n) is 13.0. The number of rotatable bonds is 2. The van der Waals surface area contributed by atoms with Gasteiger partial charge in [-0.1, -0.05) is 38.1 Å². The maximum absolute atomic E-state index is 5.95. The van der Waals surface area contributed by atoms with Gasteiger partial charge in [0.1, 0.15) is 5.65 Å². The Morgan fingerprint density at radius 3 is 2.38 bits per heavy atom. The number of hydrogen-bond donors (Lipinski definition) is 1. The predicted octanol–water partition coefficient (Wildman–Crippen LogP) is 4.32. The second-order valence-electron chi connectivity index (χ2n) is 5.97. The number of nitrogens with two attached hydrogens (primary N) is 1. The Morgan fingerprint density at radius 1 is 1.10 bits per heavy atom. The maximum atomic E-state index is 5.95. The fourth-order valence-electron chi connectivity index (χ4n) is 2.75. The van der Waals surface area contributed by atoms with Gasteiger partial charge in [-0.2, -0.15) is 0 Å². The summed E-state index contributed by atoms with van der Waals surface area (Å²) in [6.07, 6.45) is 1.94. The lowest BCUT2D eigenvalue weighted by atomic mass is 10.0. The molecular weight excluding hydrogens is 258 g/mol. The minimum atomic E-state index is 0.545. The number of nitrogen functional groups attached to an aromatic ring is 1. The van der Waals surface area contributed by atoms with Crippen molar-refractivity contribution in [2.24, 2.45) is 0 Å². The van der Waals surface area contributed by atoms with Crippen LogP contribution in [0.3, 0.4) is 0 Å². The molecule has 21 heavy (non-hydrogen) atoms. The van der Waals surface area contributed by atoms with E-state index in [1.165, 1.54) is 5.56 Å². The smallest absolute Gasteiger partial charge is 0.140 e. The molecule has 3 heteroatoms. The van der Waals surface area contributed by atoms with E-state index in [1.54, 1.807) is 0 Å². The fourth-order valence-corrected chi connectivity index (χ4v) is 2.75. The van der Waals surface area contributed by atoms with Crippen LogP contribution >= 0.6 is 0 Å². The van der Waals surface area contributed by atoms with Gasteiger partial charge in [0.2, 0.25) is 0 Å². The number of nitrogens with zero attached hydrogens (tertiary/aromatic N) is 2. The largest absolute Gasteiger partial charge is 0.398 e. The van der Waals surface area contributed by atoms with Crippen LogP contribution in [0, 0.1) is 13.8 Å². The molecule has 0 atom stereocenters. The van der Waals surface area contributed by atoms with Crippen molar-refractivity contribution in [2.75, 3.05) is 5.73 Å². The van der Waals surface area contributed by atoms with E-state index in [9.17, 15) is 0 Å². The summed E-state index contributed by atoms with van der Waals surface area (Å²) in [5.41, 5.74) is 13.4. The molecule has 2 N–H and O–H groups in total. The predicted molar refractivity (Wildman–Crippen MR) is 88.6 cm³/mol. The van der Waals surface area contributed by atoms with E-state index in [2.05, 4.69) is 49.4 Å². The lowest BCUT2D eigenvalue weighted by molar-refractivity contribution is 0.867. The number of hydrogen-bond acceptors (Lipinski definition) is 2. The first-order chi connectivity index (χ1) is 9.97. The average Bonchev–Trinajstić information content (AvgIpc) is 2.77. The molecule has 3 aromatic rings. The maximum Gasteiger partial charge on any atom is 0.140 e. The van der Waals surface area contributed by atoms with Crippen LogP contribution in [0.4, 0.5) is 5.69 Å². The lowest BCUT2D eigenvalue weighted by Gasteiger charge is -2.06. The van der Waals surface area contributed by atoms with E-state index in [-0.39, 0.29) is 0 Å². The highest BCUT2D eigenvalue weighted by molar-refractivity contribution is 5.69. The summed E-state index contributed by atoms with van der Waals surface area (Å²) >= 11 is 0. The highest BCUT2D eigenvalue weighted by Gasteiger charge is 2.12. The van der Waals surface area contributed by atoms with Gasteiger partial charge in [0.05, 0.1) is 5.69 Å². The summed E-state index contributed by atoms with van der Waals surface area (Å²) in [6, 6.07) is 10.6. The fraction of sp³-hybridized carbons (Fsp3) is 0.278. The molecule has 3 nitrogen and oxygen atoms in total. The molecule has 0 aliphatic carbocycles. The van der Waals surface area contributed by atoms with Gasteiger partial charge in [0, 0.05) is 23.1 Å². The molecule has 108 valence electrons. The van der Waals surface area contributed by atoms with Gasteiger partial charge in [-0.25, -0.2) is 4.98 Å². The van der Waals surface area contributed by atoms with E-state index < -0.39 is 0 Å². The standard InChI is InChI=1S/C18H21N3/c1-11(2)14-5-7-15(8-6-14)17-13(4)21-10-16(19)9-12(3)18(21)20-17/h5-11H,19H2,1-4H3. The molecule has 0 saturated carbocycles. The number of pyridine rings is 1. The first-order valence-corrected chi connectivity index (χ1v) is 7.32. The van der Waals surface area contributed by atoms with Crippen LogP contribution in [0.2, 0.25) is 0 Å². The first kappa shape index (κ1) is 13.7. The zero-order valence-corrected chi connectivity index (χ0v) is 13.0. The Kier molecular flexibility index (Phi) is 3.20. The van der Waals surface area contributed by atoms with Gasteiger partial charge >= 0.3 is 0 Å². The van der Waals surface area contributed by atoms with Crippen LogP contribution in [0.1, 0.15) is 36.6 Å². The van der Waals surface area contributed by atoms with E-state index in [1.807, 2.05) is 19.2 Å². The van der Waals surface area contributed by atoms with Crippen molar-refractivity contribution in [1.82, 2.24) is 9.38 Å². The van der Waals surface area contributed by atoms with Crippen LogP contribution in [-0.2, 0) is 0 Å². The van der Waals surface area contributed by atoms with E-state index >= 15 is 0 Å². The molecule has 0 spiro atoms. The monoisotopic (exact) mass is 279 g/mol. The zero-order chi connectivity index (χ0) is 15.1. The van der Waals surface area contributed by atoms with Gasteiger partial charge in [-0.15, -0.1) is 0 Å². The summed E-state index contributed by atoms with van der Waals surface area (Å²) in [6.45, 7) is 8.54. The van der Waals surface area contributed by atoms with Crippen LogP contribution in [-0.4, -0.2) is 9.38 Å². The minimum absolute atomic E-state index is 0.545. The van der Waals surface area contributed by atoms with Crippen molar-refractivity contribution in [3.63, 3.8) is 0 Å². The summed E-state index contributed by atoms with van der Waals surface area (Å²) < 4.78 is 2.08. The van der Waals surface area contributed by atoms with Crippen molar-refractivity contribution in [2.45, 2.75) is 33.6 Å². The second-order valence-corrected chi connectivity index (χ2v) is 5.97. The number of imidazole rings is 1. The summed E-state index contributed by atoms with van der Waals surface area (Å²) in [7, 11) is 0. The van der Waals surface area contributed by atoms with Crippen LogP contribution in [0.15, 0.2) is 36.5 Å². The number of aromatic nitrogens is 2. The molecule has 2 aromatic heterocycles. The van der Waals surface area contributed by atoms with Gasteiger partial charge < -0.3 is 10.1 Å². The molecule has 2 heterocycles. The number of benzene rings is 1. The van der Waals surface area contributed by atoms with E-state index in [0.29, 0.717) is 5.92 Å². The summed E-state index contributed by atoms with van der Waals surface area (Å²) in [5.74, 6) is 0.545. The summed E-state index contributed by atoms with van der Waals surface area (Å²) in [5, 5.41) is 0. The van der Waals surface area contributed by atoms with Gasteiger partial charge in [-0.05, 0) is 37.0 Å². The molecule has 0 aliphatic heterocycles. The second kappa shape index (κ2) is 4.92. The molecule has 0 amide bonds. The lowest BCUT2D eigenvalue weighted by Crippen LogP contribution is -1.94. The Bertz CT molecular complexity index is 795. The quantitative estimate of drug-likeness (QED) is 0.759. The molecule has 0 fully saturated rings. The van der Waals surface area contributed by atoms with Crippen molar-refractivity contribution in [3.8, 4) is 11.3 Å². The normalized spacial score (nSPS) is 11.5. The van der Waals surface area contributed by atoms with Gasteiger partial charge in [0.25, 0.3) is 0 Å². The van der Waals surface area contributed by atoms with Crippen molar-refractivity contribution in [1.29, 1.82) is 0 Å². The highest BCUT2D eigenvalue weighted by Crippen LogP contribution is 2.27. The number of aryl methyl sites for hydroxylation is 2. The van der Waals surface area contributed by atoms with Crippen molar-refractivity contribution in [3.05, 3.63) is 53.3 Å². The molecule has 0 saturated heterocycles. The van der Waals surface area contributed by atoms with Gasteiger partial charge in [0.15, 0.2) is 0 Å². The number of anilines is 1. The first-order valence-electron chi connectivity index (χ1n) is 7.32. The summed E-state index contributed by atoms with van der Waals surface area (Å²) in [4.78, 5) is 4.81. The molecular formula is C18H21N3. The number of fused-ring (bicyclic) bond motifs is 1. The molecule has 1 aromatic carbocycles. The molecule has 0 unspecified atom stereocenters. The van der Waals surface area contributed by atoms with Gasteiger partial charge in [-0.3, -0.25) is 0 Å². The Balaban J connectivity index is 2.16. The van der Waals surface area contributed by atoms with Crippen LogP contribution < -0.4 is 5.73 Å². The SMILES string of the molecule is Cc1cc(N)cn2c(C)c(-c3ccc(C(C)C)cc3)nc12. The average molecular weight is 279 g/mol. The Morgan fingerprint density at radius 2 is 1.76 bits per heavy atom. The molecule has 0 aliphatic rings. The van der Waals surface area contributed by atoms with Crippen LogP contribution in [0.5, 0.6) is 0 Å². The minimum Gasteiger partial charge on any atom is -0.398 e. The Labute approximate surface area is 125 Å². The topological polar surface area (TPSA) is 43.3 Å². The van der Waals surface area contributed by atoms with E-state index in [0.717, 1.165) is 33.8 Å². The van der Waals surface area contributed by atoms with Crippen molar-refractivity contribution >= 4 is 11.3 Å².